The Hall–Kier alpha value is -14.0. The highest BCUT2D eigenvalue weighted by molar-refractivity contribution is 6.13. The van der Waals surface area contributed by atoms with Gasteiger partial charge in [-0.25, -0.2) is 49.7 Å². The number of aromatic nitrogens is 11. The highest BCUT2D eigenvalue weighted by Crippen LogP contribution is 2.47. The van der Waals surface area contributed by atoms with Crippen molar-refractivity contribution in [3.05, 3.63) is 337 Å². The number of hydrogen-bond acceptors (Lipinski definition) is 9. The summed E-state index contributed by atoms with van der Waals surface area (Å²) in [6.45, 7) is 35.3. The Morgan fingerprint density at radius 3 is 0.871 bits per heavy atom. The first-order chi connectivity index (χ1) is 55.9. The van der Waals surface area contributed by atoms with Crippen molar-refractivity contribution in [3.63, 3.8) is 0 Å². The normalized spacial score (nSPS) is 12.1. The van der Waals surface area contributed by atoms with Crippen molar-refractivity contribution in [3.8, 4) is 136 Å². The fourth-order valence-corrected chi connectivity index (χ4v) is 15.6. The second-order valence-electron chi connectivity index (χ2n) is 34.3. The highest BCUT2D eigenvalue weighted by Gasteiger charge is 2.29. The number of rotatable bonds is 13. The lowest BCUT2D eigenvalue weighted by Gasteiger charge is -2.26. The summed E-state index contributed by atoms with van der Waals surface area (Å²) in [5, 5.41) is 4.12. The summed E-state index contributed by atoms with van der Waals surface area (Å²) in [4.78, 5) is 52.0. The molecule has 0 aliphatic carbocycles. The van der Waals surface area contributed by atoms with Crippen molar-refractivity contribution in [2.45, 2.75) is 105 Å². The molecule has 18 rings (SSSR count). The summed E-state index contributed by atoms with van der Waals surface area (Å²) >= 11 is 0. The van der Waals surface area contributed by atoms with Crippen molar-refractivity contribution >= 4 is 49.3 Å². The lowest BCUT2D eigenvalue weighted by atomic mass is 9.79. The maximum atomic E-state index is 8.00. The van der Waals surface area contributed by atoms with Gasteiger partial charge >= 0.3 is 0 Å². The minimum absolute atomic E-state index is 0.193. The second-order valence-corrected chi connectivity index (χ2v) is 34.3. The van der Waals surface area contributed by atoms with E-state index in [1.807, 2.05) is 146 Å². The molecule has 13 aromatic carbocycles. The lowest BCUT2D eigenvalue weighted by Crippen LogP contribution is -2.17. The molecule has 12 nitrogen and oxygen atoms in total. The van der Waals surface area contributed by atoms with Gasteiger partial charge in [-0.05, 0) is 152 Å². The van der Waals surface area contributed by atoms with Gasteiger partial charge < -0.3 is 9.13 Å². The molecular weight excluding hydrogens is 1420 g/mol. The third kappa shape index (κ3) is 14.1. The van der Waals surface area contributed by atoms with E-state index in [0.717, 1.165) is 127 Å². The zero-order valence-corrected chi connectivity index (χ0v) is 67.2. The molecule has 116 heavy (non-hydrogen) atoms. The number of benzene rings is 13. The monoisotopic (exact) mass is 1500 g/mol. The van der Waals surface area contributed by atoms with E-state index in [0.29, 0.717) is 58.1 Å². The first-order valence-corrected chi connectivity index (χ1v) is 39.6. The molecule has 12 heteroatoms. The van der Waals surface area contributed by atoms with Crippen molar-refractivity contribution in [1.82, 2.24) is 54.0 Å². The molecule has 0 radical (unpaired) electrons. The molecule has 0 atom stereocenters. The predicted molar refractivity (Wildman–Crippen MR) is 476 cm³/mol. The average molecular weight is 1500 g/mol. The van der Waals surface area contributed by atoms with Crippen LogP contribution in [0.25, 0.3) is 185 Å². The Labute approximate surface area is 677 Å². The Kier molecular flexibility index (Phi) is 18.3. The Balaban J connectivity index is 0.922. The van der Waals surface area contributed by atoms with Gasteiger partial charge in [0.1, 0.15) is 0 Å². The number of nitrogens with zero attached hydrogens (tertiary/aromatic N) is 12. The van der Waals surface area contributed by atoms with Crippen molar-refractivity contribution < 1.29 is 0 Å². The molecule has 0 bridgehead atoms. The predicted octanol–water partition coefficient (Wildman–Crippen LogP) is 26.5. The summed E-state index contributed by atoms with van der Waals surface area (Å²) in [6.07, 6.45) is 0. The SMILES string of the molecule is [C-]#[N+]c1ccc(-c2ccc(-c3cc(-c4nc(-c5cc(C(C)(C)C)cc(C(C)(C)C)c5)nc(-c5cc(C(C)(C)C)cc(C(C)(C)C)c5)n4)ccc3-n3c4ccccc4c4cc(-c5nc(-c6ccccc6)nc(-c6ccccc6)n5)ccc43)c(-n3c4ccccc4c4cc(-c5nc(-c6ccccc6)nc(-c6ccccc6)n5)ccc43)c2)cc1. The third-order valence-corrected chi connectivity index (χ3v) is 22.1. The molecular formula is C104H86N12. The van der Waals surface area contributed by atoms with Crippen LogP contribution in [-0.2, 0) is 21.7 Å². The minimum atomic E-state index is -0.193. The van der Waals surface area contributed by atoms with Crippen LogP contribution in [-0.4, -0.2) is 54.0 Å². The molecule has 562 valence electrons. The molecule has 0 aliphatic rings. The van der Waals surface area contributed by atoms with Gasteiger partial charge in [0.2, 0.25) is 0 Å². The Bertz CT molecular complexity index is 6630. The van der Waals surface area contributed by atoms with Gasteiger partial charge in [-0.2, -0.15) is 0 Å². The summed E-state index contributed by atoms with van der Waals surface area (Å²) in [6, 6.07) is 106. The lowest BCUT2D eigenvalue weighted by molar-refractivity contribution is 0.568. The molecule has 5 aromatic heterocycles. The maximum Gasteiger partial charge on any atom is 0.187 e. The van der Waals surface area contributed by atoms with Crippen LogP contribution in [0.4, 0.5) is 5.69 Å². The molecule has 0 amide bonds. The van der Waals surface area contributed by atoms with Gasteiger partial charge in [0.15, 0.2) is 58.1 Å². The first-order valence-electron chi connectivity index (χ1n) is 39.6. The quantitative estimate of drug-likeness (QED) is 0.104. The fraction of sp³-hybridized carbons (Fsp3) is 0.154. The summed E-state index contributed by atoms with van der Waals surface area (Å²) in [5.41, 5.74) is 22.0. The largest absolute Gasteiger partial charge is 0.309 e. The molecule has 18 aromatic rings. The number of hydrogen-bond donors (Lipinski definition) is 0. The fourth-order valence-electron chi connectivity index (χ4n) is 15.6. The second kappa shape index (κ2) is 28.9. The van der Waals surface area contributed by atoms with E-state index < -0.39 is 0 Å². The third-order valence-electron chi connectivity index (χ3n) is 22.1. The molecule has 0 unspecified atom stereocenters. The van der Waals surface area contributed by atoms with E-state index >= 15 is 0 Å². The smallest absolute Gasteiger partial charge is 0.187 e. The summed E-state index contributed by atoms with van der Waals surface area (Å²) in [5.74, 6) is 5.15. The van der Waals surface area contributed by atoms with E-state index in [1.54, 1.807) is 0 Å². The first kappa shape index (κ1) is 73.5. The molecule has 0 spiro atoms. The van der Waals surface area contributed by atoms with E-state index in [4.69, 9.17) is 51.4 Å². The molecule has 5 heterocycles. The van der Waals surface area contributed by atoms with Crippen LogP contribution in [0, 0.1) is 6.57 Å². The molecule has 0 aliphatic heterocycles. The highest BCUT2D eigenvalue weighted by atomic mass is 15.1. The van der Waals surface area contributed by atoms with E-state index in [1.165, 1.54) is 22.3 Å². The number of para-hydroxylation sites is 2. The zero-order chi connectivity index (χ0) is 79.9. The Morgan fingerprint density at radius 1 is 0.216 bits per heavy atom. The van der Waals surface area contributed by atoms with E-state index in [-0.39, 0.29) is 21.7 Å². The minimum Gasteiger partial charge on any atom is -0.309 e. The van der Waals surface area contributed by atoms with Gasteiger partial charge in [0.25, 0.3) is 0 Å². The van der Waals surface area contributed by atoms with Gasteiger partial charge in [-0.15, -0.1) is 0 Å². The van der Waals surface area contributed by atoms with Gasteiger partial charge in [0.05, 0.1) is 40.0 Å². The topological polar surface area (TPSA) is 130 Å². The van der Waals surface area contributed by atoms with Gasteiger partial charge in [-0.3, -0.25) is 0 Å². The average Bonchev–Trinajstić information content (AvgIpc) is 1.58. The van der Waals surface area contributed by atoms with Gasteiger partial charge in [0, 0.05) is 82.7 Å². The molecule has 0 N–H and O–H groups in total. The van der Waals surface area contributed by atoms with Crippen LogP contribution in [0.15, 0.2) is 303 Å². The van der Waals surface area contributed by atoms with Crippen LogP contribution in [0.1, 0.15) is 105 Å². The van der Waals surface area contributed by atoms with Crippen LogP contribution < -0.4 is 0 Å². The summed E-state index contributed by atoms with van der Waals surface area (Å²) < 4.78 is 4.83. The van der Waals surface area contributed by atoms with Gasteiger partial charge in [-0.1, -0.05) is 289 Å². The van der Waals surface area contributed by atoms with Crippen LogP contribution in [0.3, 0.4) is 0 Å². The molecule has 0 saturated carbocycles. The van der Waals surface area contributed by atoms with Crippen molar-refractivity contribution in [1.29, 1.82) is 0 Å². The molecule has 0 fully saturated rings. The van der Waals surface area contributed by atoms with Crippen molar-refractivity contribution in [2.24, 2.45) is 0 Å². The zero-order valence-electron chi connectivity index (χ0n) is 67.2. The number of fused-ring (bicyclic) bond motifs is 6. The Morgan fingerprint density at radius 2 is 0.509 bits per heavy atom. The van der Waals surface area contributed by atoms with Crippen LogP contribution in [0.2, 0.25) is 0 Å². The van der Waals surface area contributed by atoms with E-state index in [9.17, 15) is 0 Å². The standard InChI is InChI=1S/C104H86N12/c1-101(2,3)75-54-73(55-76(62-75)102(4,5)6)99-112-98(113-100(114-99)74-56-77(103(7,8)9)63-78(57-74)104(10,11)12)72-46-52-89(115-86-40-28-26-38-80(86)83-58-70(45-51-88(83)115)96-108-92(65-30-18-14-19-31-65)106-93(109-96)66-32-20-15-21-33-66)85(60-72)82-50-44-69(64-42-48-79(105-13)49-43-64)61-91(82)116-87-41-29-27-39-81(87)84-59-71(47-53-90(84)116)97-110-94(67-34-22-16-23-35-67)107-95(111-97)68-36-24-17-25-37-68/h14-63H,1-12H3. The van der Waals surface area contributed by atoms with E-state index in [2.05, 4.69) is 255 Å². The maximum absolute atomic E-state index is 8.00. The molecule has 0 saturated heterocycles. The van der Waals surface area contributed by atoms with Crippen LogP contribution in [0.5, 0.6) is 0 Å². The van der Waals surface area contributed by atoms with Crippen molar-refractivity contribution in [2.75, 3.05) is 0 Å². The summed E-state index contributed by atoms with van der Waals surface area (Å²) in [7, 11) is 0. The van der Waals surface area contributed by atoms with Crippen LogP contribution >= 0.6 is 0 Å².